The van der Waals surface area contributed by atoms with Gasteiger partial charge in [-0.05, 0) is 49.8 Å². The molecule has 164 valence electrons. The van der Waals surface area contributed by atoms with E-state index in [2.05, 4.69) is 17.0 Å². The molecule has 1 aliphatic carbocycles. The lowest BCUT2D eigenvalue weighted by Crippen LogP contribution is -2.47. The van der Waals surface area contributed by atoms with Crippen LogP contribution in [0, 0.1) is 5.92 Å². The molecule has 0 bridgehead atoms. The number of nitrogens with zero attached hydrogens (tertiary/aromatic N) is 1. The number of rotatable bonds is 4. The minimum absolute atomic E-state index is 0.0296. The second-order valence-electron chi connectivity index (χ2n) is 8.61. The number of thioether (sulfide) groups is 1. The van der Waals surface area contributed by atoms with E-state index >= 15 is 0 Å². The van der Waals surface area contributed by atoms with Gasteiger partial charge in [0.05, 0.1) is 10.6 Å². The number of carbonyl (C=O) groups is 2. The molecule has 0 aromatic heterocycles. The molecule has 1 saturated carbocycles. The van der Waals surface area contributed by atoms with Crippen LogP contribution >= 0.6 is 11.8 Å². The highest BCUT2D eigenvalue weighted by molar-refractivity contribution is 8.01. The van der Waals surface area contributed by atoms with Crippen LogP contribution in [0.15, 0.2) is 28.0 Å². The number of hydrogen-bond donors (Lipinski definition) is 2. The number of nitrogens with one attached hydrogen (secondary N) is 2. The average Bonchev–Trinajstić information content (AvgIpc) is 2.73. The number of carbonyl (C=O) groups excluding carboxylic acids is 2. The molecular formula is C21H29N3O4S2. The number of hydrogen-bond acceptors (Lipinski definition) is 5. The number of piperidine rings is 1. The number of anilines is 1. The fourth-order valence-electron chi connectivity index (χ4n) is 4.32. The van der Waals surface area contributed by atoms with E-state index in [1.54, 1.807) is 17.0 Å². The summed E-state index contributed by atoms with van der Waals surface area (Å²) >= 11 is 1.20. The van der Waals surface area contributed by atoms with Crippen molar-refractivity contribution >= 4 is 39.3 Å². The molecule has 9 heteroatoms. The quantitative estimate of drug-likeness (QED) is 0.686. The van der Waals surface area contributed by atoms with E-state index in [0.717, 1.165) is 49.8 Å². The van der Waals surface area contributed by atoms with E-state index in [4.69, 9.17) is 0 Å². The molecule has 1 saturated heterocycles. The monoisotopic (exact) mass is 451 g/mol. The van der Waals surface area contributed by atoms with E-state index in [1.807, 2.05) is 0 Å². The molecule has 3 aliphatic rings. The predicted octanol–water partition coefficient (Wildman–Crippen LogP) is 2.97. The van der Waals surface area contributed by atoms with Crippen molar-refractivity contribution in [3.8, 4) is 0 Å². The highest BCUT2D eigenvalue weighted by atomic mass is 32.2. The number of sulfonamides is 1. The summed E-state index contributed by atoms with van der Waals surface area (Å²) in [6.07, 6.45) is 6.85. The van der Waals surface area contributed by atoms with E-state index in [1.165, 1.54) is 17.8 Å². The summed E-state index contributed by atoms with van der Waals surface area (Å²) in [4.78, 5) is 28.1. The molecule has 1 atom stereocenters. The first kappa shape index (κ1) is 21.6. The van der Waals surface area contributed by atoms with Crippen LogP contribution in [0.5, 0.6) is 0 Å². The SMILES string of the molecule is CC1CCN(C(=O)[C@@H]2Sc3ccc(S(=O)(=O)NC4CCCCC4)cc3NC2=O)CC1. The standard InChI is InChI=1S/C21H29N3O4S2/c1-14-9-11-24(12-10-14)21(26)19-20(25)22-17-13-16(7-8-18(17)29-19)30(27,28)23-15-5-3-2-4-6-15/h7-8,13-15,19,23H,2-6,9-12H2,1H3,(H,22,25)/t19-/m1/s1. The first-order chi connectivity index (χ1) is 14.3. The van der Waals surface area contributed by atoms with Crippen LogP contribution in [0.3, 0.4) is 0 Å². The normalized spacial score (nSPS) is 23.7. The summed E-state index contributed by atoms with van der Waals surface area (Å²) in [5.41, 5.74) is 0.452. The fourth-order valence-corrected chi connectivity index (χ4v) is 6.70. The van der Waals surface area contributed by atoms with E-state index in [0.29, 0.717) is 24.7 Å². The summed E-state index contributed by atoms with van der Waals surface area (Å²) in [5, 5.41) is 1.93. The van der Waals surface area contributed by atoms with Gasteiger partial charge in [0.15, 0.2) is 5.25 Å². The molecule has 30 heavy (non-hydrogen) atoms. The Morgan fingerprint density at radius 1 is 1.13 bits per heavy atom. The van der Waals surface area contributed by atoms with Gasteiger partial charge in [0.1, 0.15) is 0 Å². The molecule has 7 nitrogen and oxygen atoms in total. The third-order valence-corrected chi connectivity index (χ3v) is 9.03. The second kappa shape index (κ2) is 8.88. The van der Waals surface area contributed by atoms with Crippen LogP contribution in [0.2, 0.25) is 0 Å². The Labute approximate surface area is 182 Å². The summed E-state index contributed by atoms with van der Waals surface area (Å²) < 4.78 is 28.4. The zero-order valence-corrected chi connectivity index (χ0v) is 18.9. The molecular weight excluding hydrogens is 422 g/mol. The van der Waals surface area contributed by atoms with Gasteiger partial charge in [0.2, 0.25) is 21.8 Å². The number of likely N-dealkylation sites (tertiary alicyclic amines) is 1. The Morgan fingerprint density at radius 2 is 1.83 bits per heavy atom. The molecule has 2 heterocycles. The number of amides is 2. The topological polar surface area (TPSA) is 95.6 Å². The molecule has 4 rings (SSSR count). The maximum Gasteiger partial charge on any atom is 0.247 e. The zero-order chi connectivity index (χ0) is 21.3. The molecule has 0 unspecified atom stereocenters. The molecule has 2 aliphatic heterocycles. The van der Waals surface area contributed by atoms with Crippen LogP contribution < -0.4 is 10.0 Å². The maximum absolute atomic E-state index is 12.9. The molecule has 2 fully saturated rings. The first-order valence-corrected chi connectivity index (χ1v) is 13.1. The largest absolute Gasteiger partial charge is 0.341 e. The van der Waals surface area contributed by atoms with Crippen molar-refractivity contribution in [3.05, 3.63) is 18.2 Å². The molecule has 0 spiro atoms. The van der Waals surface area contributed by atoms with Gasteiger partial charge in [-0.25, -0.2) is 13.1 Å². The van der Waals surface area contributed by atoms with Crippen molar-refractivity contribution < 1.29 is 18.0 Å². The lowest BCUT2D eigenvalue weighted by Gasteiger charge is -2.33. The predicted molar refractivity (Wildman–Crippen MR) is 117 cm³/mol. The van der Waals surface area contributed by atoms with E-state index < -0.39 is 15.3 Å². The summed E-state index contributed by atoms with van der Waals surface area (Å²) in [5.74, 6) is 0.0572. The fraction of sp³-hybridized carbons (Fsp3) is 0.619. The van der Waals surface area contributed by atoms with Gasteiger partial charge in [-0.2, -0.15) is 0 Å². The summed E-state index contributed by atoms with van der Waals surface area (Å²) in [6, 6.07) is 4.71. The third kappa shape index (κ3) is 4.68. The zero-order valence-electron chi connectivity index (χ0n) is 17.2. The van der Waals surface area contributed by atoms with Gasteiger partial charge in [-0.3, -0.25) is 9.59 Å². The van der Waals surface area contributed by atoms with Gasteiger partial charge in [0.25, 0.3) is 0 Å². The van der Waals surface area contributed by atoms with Gasteiger partial charge < -0.3 is 10.2 Å². The second-order valence-corrected chi connectivity index (χ2v) is 11.5. The van der Waals surface area contributed by atoms with Crippen molar-refractivity contribution in [2.45, 2.75) is 73.0 Å². The van der Waals surface area contributed by atoms with Crippen molar-refractivity contribution in [1.82, 2.24) is 9.62 Å². The Morgan fingerprint density at radius 3 is 2.53 bits per heavy atom. The Kier molecular flexibility index (Phi) is 6.41. The van der Waals surface area contributed by atoms with Crippen LogP contribution in [-0.4, -0.2) is 49.5 Å². The number of benzene rings is 1. The molecule has 0 radical (unpaired) electrons. The van der Waals surface area contributed by atoms with Gasteiger partial charge in [0, 0.05) is 24.0 Å². The summed E-state index contributed by atoms with van der Waals surface area (Å²) in [6.45, 7) is 3.54. The Balaban J connectivity index is 1.47. The van der Waals surface area contributed by atoms with Crippen molar-refractivity contribution in [3.63, 3.8) is 0 Å². The minimum atomic E-state index is -3.65. The van der Waals surface area contributed by atoms with Crippen molar-refractivity contribution in [2.75, 3.05) is 18.4 Å². The van der Waals surface area contributed by atoms with Gasteiger partial charge in [-0.1, -0.05) is 26.2 Å². The third-order valence-electron chi connectivity index (χ3n) is 6.25. The molecule has 1 aromatic carbocycles. The van der Waals surface area contributed by atoms with Crippen LogP contribution in [0.4, 0.5) is 5.69 Å². The first-order valence-electron chi connectivity index (χ1n) is 10.8. The van der Waals surface area contributed by atoms with Crippen molar-refractivity contribution in [1.29, 1.82) is 0 Å². The average molecular weight is 452 g/mol. The van der Waals surface area contributed by atoms with Gasteiger partial charge >= 0.3 is 0 Å². The lowest BCUT2D eigenvalue weighted by molar-refractivity contribution is -0.135. The number of fused-ring (bicyclic) bond motifs is 1. The van der Waals surface area contributed by atoms with Crippen molar-refractivity contribution in [2.24, 2.45) is 5.92 Å². The Bertz CT molecular complexity index is 920. The van der Waals surface area contributed by atoms with Crippen LogP contribution in [0.25, 0.3) is 0 Å². The van der Waals surface area contributed by atoms with E-state index in [9.17, 15) is 18.0 Å². The van der Waals surface area contributed by atoms with Crippen LogP contribution in [-0.2, 0) is 19.6 Å². The van der Waals surface area contributed by atoms with Gasteiger partial charge in [-0.15, -0.1) is 11.8 Å². The maximum atomic E-state index is 12.9. The Hall–Kier alpha value is -1.58. The lowest BCUT2D eigenvalue weighted by atomic mass is 9.96. The minimum Gasteiger partial charge on any atom is -0.341 e. The molecule has 2 amide bonds. The molecule has 1 aromatic rings. The highest BCUT2D eigenvalue weighted by Gasteiger charge is 2.37. The molecule has 2 N–H and O–H groups in total. The van der Waals surface area contributed by atoms with E-state index in [-0.39, 0.29) is 22.8 Å². The highest BCUT2D eigenvalue weighted by Crippen LogP contribution is 2.38. The van der Waals surface area contributed by atoms with Crippen LogP contribution in [0.1, 0.15) is 51.9 Å². The summed E-state index contributed by atoms with van der Waals surface area (Å²) in [7, 11) is -3.65. The smallest absolute Gasteiger partial charge is 0.247 e.